The van der Waals surface area contributed by atoms with Gasteiger partial charge >= 0.3 is 5.97 Å². The third kappa shape index (κ3) is 3.96. The molecule has 2 aromatic rings. The summed E-state index contributed by atoms with van der Waals surface area (Å²) in [5.74, 6) is -0.973. The summed E-state index contributed by atoms with van der Waals surface area (Å²) in [6.07, 6.45) is 4.12. The Balaban J connectivity index is 1.72. The molecule has 2 aliphatic rings. The van der Waals surface area contributed by atoms with Crippen LogP contribution in [-0.2, 0) is 4.79 Å². The van der Waals surface area contributed by atoms with E-state index in [9.17, 15) is 18.7 Å². The Morgan fingerprint density at radius 1 is 1.10 bits per heavy atom. The third-order valence-electron chi connectivity index (χ3n) is 5.30. The van der Waals surface area contributed by atoms with Gasteiger partial charge in [-0.1, -0.05) is 30.3 Å². The van der Waals surface area contributed by atoms with Gasteiger partial charge < -0.3 is 9.84 Å². The molecule has 30 heavy (non-hydrogen) atoms. The Kier molecular flexibility index (Phi) is 5.36. The van der Waals surface area contributed by atoms with Crippen LogP contribution in [0.1, 0.15) is 37.3 Å². The van der Waals surface area contributed by atoms with E-state index < -0.39 is 11.8 Å². The van der Waals surface area contributed by atoms with E-state index in [4.69, 9.17) is 4.74 Å². The smallest absolute Gasteiger partial charge is 0.307 e. The number of allylic oxidation sites excluding steroid dienone is 6. The zero-order valence-electron chi connectivity index (χ0n) is 16.4. The van der Waals surface area contributed by atoms with Crippen molar-refractivity contribution in [3.63, 3.8) is 0 Å². The maximum absolute atomic E-state index is 14.4. The van der Waals surface area contributed by atoms with E-state index in [0.717, 1.165) is 22.3 Å². The summed E-state index contributed by atoms with van der Waals surface area (Å²) in [4.78, 5) is 11.3. The van der Waals surface area contributed by atoms with Crippen LogP contribution in [0, 0.1) is 5.82 Å². The number of halogens is 2. The van der Waals surface area contributed by atoms with E-state index >= 15 is 0 Å². The van der Waals surface area contributed by atoms with Crippen molar-refractivity contribution in [1.29, 1.82) is 0 Å². The number of para-hydroxylation sites is 1. The Morgan fingerprint density at radius 3 is 2.60 bits per heavy atom. The van der Waals surface area contributed by atoms with E-state index in [0.29, 0.717) is 23.3 Å². The Hall–Kier alpha value is -3.47. The molecule has 1 N–H and O–H groups in total. The van der Waals surface area contributed by atoms with Crippen LogP contribution in [0.4, 0.5) is 8.78 Å². The van der Waals surface area contributed by atoms with E-state index in [1.54, 1.807) is 24.3 Å². The molecule has 5 heteroatoms. The van der Waals surface area contributed by atoms with Gasteiger partial charge in [0.25, 0.3) is 0 Å². The topological polar surface area (TPSA) is 46.5 Å². The highest BCUT2D eigenvalue weighted by Gasteiger charge is 2.26. The van der Waals surface area contributed by atoms with Gasteiger partial charge in [-0.05, 0) is 77.1 Å². The third-order valence-corrected chi connectivity index (χ3v) is 5.30. The van der Waals surface area contributed by atoms with Crippen LogP contribution in [0.5, 0.6) is 5.75 Å². The molecule has 0 amide bonds. The Morgan fingerprint density at radius 2 is 1.87 bits per heavy atom. The molecule has 0 unspecified atom stereocenters. The van der Waals surface area contributed by atoms with E-state index in [-0.39, 0.29) is 24.4 Å². The zero-order valence-corrected chi connectivity index (χ0v) is 16.4. The second kappa shape index (κ2) is 8.11. The lowest BCUT2D eigenvalue weighted by molar-refractivity contribution is -0.135. The summed E-state index contributed by atoms with van der Waals surface area (Å²) in [6, 6.07) is 13.4. The van der Waals surface area contributed by atoms with Crippen molar-refractivity contribution in [2.75, 3.05) is 0 Å². The number of hydrogen-bond acceptors (Lipinski definition) is 2. The summed E-state index contributed by atoms with van der Waals surface area (Å²) in [7, 11) is 0. The second-order valence-electron chi connectivity index (χ2n) is 7.33. The first kappa shape index (κ1) is 19.8. The van der Waals surface area contributed by atoms with Crippen molar-refractivity contribution in [2.45, 2.75) is 26.2 Å². The van der Waals surface area contributed by atoms with E-state index in [1.165, 1.54) is 12.1 Å². The summed E-state index contributed by atoms with van der Waals surface area (Å²) < 4.78 is 33.9. The molecule has 0 atom stereocenters. The first-order chi connectivity index (χ1) is 14.4. The van der Waals surface area contributed by atoms with Crippen LogP contribution in [0.15, 0.2) is 83.4 Å². The van der Waals surface area contributed by atoms with Crippen LogP contribution in [0.2, 0.25) is 0 Å². The molecule has 0 aliphatic heterocycles. The summed E-state index contributed by atoms with van der Waals surface area (Å²) in [5.41, 5.74) is 4.46. The molecule has 4 rings (SSSR count). The van der Waals surface area contributed by atoms with Crippen LogP contribution in [0.3, 0.4) is 0 Å². The molecule has 3 nitrogen and oxygen atoms in total. The van der Waals surface area contributed by atoms with Gasteiger partial charge in [0.05, 0.1) is 6.42 Å². The lowest BCUT2D eigenvalue weighted by Gasteiger charge is -2.15. The SMILES string of the molecule is CC1=C(CC(=O)O)c2cc(F)ccc2/C1=C\C1=CC(Oc2ccccc2)=C(F)CC1. The van der Waals surface area contributed by atoms with Crippen molar-refractivity contribution in [1.82, 2.24) is 0 Å². The van der Waals surface area contributed by atoms with Gasteiger partial charge in [-0.2, -0.15) is 0 Å². The molecule has 0 fully saturated rings. The minimum atomic E-state index is -0.971. The van der Waals surface area contributed by atoms with E-state index in [2.05, 4.69) is 0 Å². The largest absolute Gasteiger partial charge is 0.481 e. The van der Waals surface area contributed by atoms with Gasteiger partial charge in [0, 0.05) is 6.42 Å². The zero-order chi connectivity index (χ0) is 21.3. The molecule has 0 radical (unpaired) electrons. The molecule has 152 valence electrons. The molecule has 0 saturated heterocycles. The highest BCUT2D eigenvalue weighted by molar-refractivity contribution is 6.03. The number of carboxylic acids is 1. The standard InChI is InChI=1S/C25H20F2O3/c1-15-20(19-9-8-17(26)13-22(19)21(15)14-25(28)29)11-16-7-10-23(27)24(12-16)30-18-5-3-2-4-6-18/h2-6,8-9,11-13H,7,10,14H2,1H3,(H,28,29)/b20-11-. The van der Waals surface area contributed by atoms with Gasteiger partial charge in [0.1, 0.15) is 17.4 Å². The van der Waals surface area contributed by atoms with Crippen LogP contribution in [0.25, 0.3) is 11.1 Å². The molecule has 0 heterocycles. The number of benzene rings is 2. The summed E-state index contributed by atoms with van der Waals surface area (Å²) in [5, 5.41) is 9.28. The molecule has 0 aromatic heterocycles. The average molecular weight is 406 g/mol. The Bertz CT molecular complexity index is 1140. The predicted molar refractivity (Wildman–Crippen MR) is 112 cm³/mol. The van der Waals surface area contributed by atoms with Crippen molar-refractivity contribution in [3.8, 4) is 5.75 Å². The molecular weight excluding hydrogens is 386 g/mol. The molecule has 0 spiro atoms. The molecule has 2 aromatic carbocycles. The number of ether oxygens (including phenoxy) is 1. The molecular formula is C25H20F2O3. The quantitative estimate of drug-likeness (QED) is 0.621. The number of aliphatic carboxylic acids is 1. The van der Waals surface area contributed by atoms with Gasteiger partial charge in [0.15, 0.2) is 5.76 Å². The maximum Gasteiger partial charge on any atom is 0.307 e. The van der Waals surface area contributed by atoms with Crippen molar-refractivity contribution < 1.29 is 23.4 Å². The highest BCUT2D eigenvalue weighted by atomic mass is 19.1. The monoisotopic (exact) mass is 406 g/mol. The number of carboxylic acid groups (broad SMARTS) is 1. The second-order valence-corrected chi connectivity index (χ2v) is 7.33. The van der Waals surface area contributed by atoms with Gasteiger partial charge in [-0.15, -0.1) is 0 Å². The maximum atomic E-state index is 14.4. The fourth-order valence-electron chi connectivity index (χ4n) is 3.83. The first-order valence-corrected chi connectivity index (χ1v) is 9.68. The van der Waals surface area contributed by atoms with Crippen LogP contribution < -0.4 is 4.74 Å². The fourth-order valence-corrected chi connectivity index (χ4v) is 3.83. The van der Waals surface area contributed by atoms with Gasteiger partial charge in [-0.25, -0.2) is 8.78 Å². The molecule has 0 saturated carbocycles. The first-order valence-electron chi connectivity index (χ1n) is 9.68. The van der Waals surface area contributed by atoms with Gasteiger partial charge in [0.2, 0.25) is 0 Å². The normalized spacial score (nSPS) is 17.3. The van der Waals surface area contributed by atoms with E-state index in [1.807, 2.05) is 31.2 Å². The van der Waals surface area contributed by atoms with Crippen LogP contribution in [-0.4, -0.2) is 11.1 Å². The number of carbonyl (C=O) groups is 1. The average Bonchev–Trinajstić information content (AvgIpc) is 2.96. The van der Waals surface area contributed by atoms with Gasteiger partial charge in [-0.3, -0.25) is 4.79 Å². The lowest BCUT2D eigenvalue weighted by Crippen LogP contribution is -2.02. The number of fused-ring (bicyclic) bond motifs is 1. The number of rotatable bonds is 5. The lowest BCUT2D eigenvalue weighted by atomic mass is 9.96. The van der Waals surface area contributed by atoms with Crippen molar-refractivity contribution in [3.05, 3.63) is 100 Å². The summed E-state index contributed by atoms with van der Waals surface area (Å²) in [6.45, 7) is 1.84. The van der Waals surface area contributed by atoms with Crippen molar-refractivity contribution in [2.24, 2.45) is 0 Å². The predicted octanol–water partition coefficient (Wildman–Crippen LogP) is 6.45. The Labute approximate surface area is 173 Å². The minimum Gasteiger partial charge on any atom is -0.481 e. The van der Waals surface area contributed by atoms with Crippen LogP contribution >= 0.6 is 0 Å². The molecule has 2 aliphatic carbocycles. The fraction of sp³-hybridized carbons (Fsp3) is 0.160. The number of hydrogen-bond donors (Lipinski definition) is 1. The van der Waals surface area contributed by atoms with Crippen molar-refractivity contribution >= 4 is 17.1 Å². The highest BCUT2D eigenvalue weighted by Crippen LogP contribution is 2.44. The summed E-state index contributed by atoms with van der Waals surface area (Å²) >= 11 is 0. The molecule has 0 bridgehead atoms. The minimum absolute atomic E-state index is 0.170.